The molecule has 1 aromatic rings. The van der Waals surface area contributed by atoms with Crippen LogP contribution in [-0.2, 0) is 4.74 Å². The summed E-state index contributed by atoms with van der Waals surface area (Å²) in [5, 5.41) is 21.9. The summed E-state index contributed by atoms with van der Waals surface area (Å²) in [5.41, 5.74) is 3.83. The molecule has 2 spiro atoms. The van der Waals surface area contributed by atoms with Crippen molar-refractivity contribution in [3.63, 3.8) is 0 Å². The molecule has 1 aromatic heterocycles. The topological polar surface area (TPSA) is 65.8 Å². The van der Waals surface area contributed by atoms with Crippen LogP contribution < -0.4 is 0 Å². The molecule has 3 aliphatic carbocycles. The van der Waals surface area contributed by atoms with Crippen LogP contribution in [0.15, 0.2) is 65.5 Å². The molecule has 2 N–H and O–H groups in total. The predicted octanol–water partition coefficient (Wildman–Crippen LogP) is 3.66. The number of allylic oxidation sites excluding steroid dienone is 4. The van der Waals surface area contributed by atoms with Crippen LogP contribution in [0.3, 0.4) is 0 Å². The Balaban J connectivity index is 1.36. The molecule has 2 aliphatic heterocycles. The Kier molecular flexibility index (Phi) is 4.70. The third-order valence-corrected chi connectivity index (χ3v) is 9.29. The lowest BCUT2D eigenvalue weighted by Gasteiger charge is -2.55. The number of hydrogen-bond donors (Lipinski definition) is 2. The fourth-order valence-corrected chi connectivity index (χ4v) is 7.45. The summed E-state index contributed by atoms with van der Waals surface area (Å²) in [6, 6.07) is 3.93. The van der Waals surface area contributed by atoms with Crippen molar-refractivity contribution < 1.29 is 14.9 Å². The van der Waals surface area contributed by atoms with Crippen molar-refractivity contribution in [1.82, 2.24) is 9.88 Å². The second kappa shape index (κ2) is 7.22. The number of ether oxygens (including phenoxy) is 1. The van der Waals surface area contributed by atoms with Gasteiger partial charge in [0.25, 0.3) is 0 Å². The molecule has 1 unspecified atom stereocenters. The summed E-state index contributed by atoms with van der Waals surface area (Å²) in [7, 11) is 3.95. The van der Waals surface area contributed by atoms with Crippen LogP contribution in [0.5, 0.6) is 0 Å². The lowest BCUT2D eigenvalue weighted by Crippen LogP contribution is -2.61. The van der Waals surface area contributed by atoms with Gasteiger partial charge in [-0.2, -0.15) is 0 Å². The highest BCUT2D eigenvalue weighted by atomic mass is 16.5. The van der Waals surface area contributed by atoms with E-state index in [4.69, 9.17) is 4.74 Å². The predicted molar refractivity (Wildman–Crippen MR) is 128 cm³/mol. The molecule has 0 amide bonds. The number of nitrogens with zero attached hydrogens (tertiary/aromatic N) is 2. The third-order valence-electron chi connectivity index (χ3n) is 9.29. The van der Waals surface area contributed by atoms with E-state index < -0.39 is 17.8 Å². The molecule has 3 heterocycles. The van der Waals surface area contributed by atoms with Gasteiger partial charge in [0.1, 0.15) is 6.10 Å². The Hall–Kier alpha value is -2.05. The zero-order chi connectivity index (χ0) is 23.0. The Morgan fingerprint density at radius 3 is 2.79 bits per heavy atom. The van der Waals surface area contributed by atoms with Gasteiger partial charge in [0.15, 0.2) is 0 Å². The van der Waals surface area contributed by atoms with E-state index in [-0.39, 0.29) is 17.1 Å². The highest BCUT2D eigenvalue weighted by Gasteiger charge is 2.67. The van der Waals surface area contributed by atoms with Gasteiger partial charge in [-0.1, -0.05) is 43.4 Å². The number of pyridine rings is 1. The molecule has 5 heteroatoms. The van der Waals surface area contributed by atoms with Gasteiger partial charge in [0.2, 0.25) is 0 Å². The number of fused-ring (bicyclic) bond motifs is 1. The van der Waals surface area contributed by atoms with Gasteiger partial charge < -0.3 is 19.8 Å². The smallest absolute Gasteiger partial charge is 0.105 e. The summed E-state index contributed by atoms with van der Waals surface area (Å²) >= 11 is 0. The molecule has 0 aromatic carbocycles. The number of aliphatic hydroxyl groups excluding tert-OH is 2. The van der Waals surface area contributed by atoms with Gasteiger partial charge in [0, 0.05) is 29.8 Å². The molecule has 5 nitrogen and oxygen atoms in total. The third kappa shape index (κ3) is 2.89. The van der Waals surface area contributed by atoms with E-state index in [0.717, 1.165) is 43.2 Å². The maximum atomic E-state index is 11.1. The normalized spacial score (nSPS) is 43.6. The number of rotatable bonds is 3. The first-order valence-electron chi connectivity index (χ1n) is 12.2. The summed E-state index contributed by atoms with van der Waals surface area (Å²) in [6.07, 6.45) is 17.9. The summed E-state index contributed by atoms with van der Waals surface area (Å²) in [6.45, 7) is 2.39. The molecule has 174 valence electrons. The van der Waals surface area contributed by atoms with Crippen molar-refractivity contribution in [2.45, 2.75) is 68.5 Å². The van der Waals surface area contributed by atoms with Crippen molar-refractivity contribution in [2.24, 2.45) is 11.3 Å². The molecule has 1 saturated heterocycles. The molecule has 33 heavy (non-hydrogen) atoms. The summed E-state index contributed by atoms with van der Waals surface area (Å²) < 4.78 is 7.17. The minimum absolute atomic E-state index is 0.0207. The van der Waals surface area contributed by atoms with Crippen molar-refractivity contribution in [2.75, 3.05) is 14.1 Å². The van der Waals surface area contributed by atoms with E-state index in [9.17, 15) is 10.2 Å². The monoisotopic (exact) mass is 446 g/mol. The average molecular weight is 447 g/mol. The van der Waals surface area contributed by atoms with E-state index in [1.807, 2.05) is 31.3 Å². The lowest BCUT2D eigenvalue weighted by atomic mass is 9.59. The molecule has 1 saturated carbocycles. The van der Waals surface area contributed by atoms with Gasteiger partial charge in [0.05, 0.1) is 17.3 Å². The van der Waals surface area contributed by atoms with E-state index in [2.05, 4.69) is 48.4 Å². The van der Waals surface area contributed by atoms with Gasteiger partial charge >= 0.3 is 0 Å². The molecule has 2 fully saturated rings. The first kappa shape index (κ1) is 21.5. The molecule has 5 aliphatic rings. The largest absolute Gasteiger partial charge is 0.388 e. The molecular formula is C28H34N2O3. The van der Waals surface area contributed by atoms with Crippen molar-refractivity contribution in [3.05, 3.63) is 71.1 Å². The van der Waals surface area contributed by atoms with E-state index in [1.165, 1.54) is 11.1 Å². The quantitative estimate of drug-likeness (QED) is 0.742. The van der Waals surface area contributed by atoms with Gasteiger partial charge in [-0.3, -0.25) is 4.98 Å². The first-order chi connectivity index (χ1) is 15.8. The number of hydrogen-bond acceptors (Lipinski definition) is 5. The van der Waals surface area contributed by atoms with Crippen LogP contribution in [0.4, 0.5) is 0 Å². The minimum Gasteiger partial charge on any atom is -0.388 e. The highest BCUT2D eigenvalue weighted by Crippen LogP contribution is 2.66. The van der Waals surface area contributed by atoms with Crippen LogP contribution >= 0.6 is 0 Å². The second-order valence-corrected chi connectivity index (χ2v) is 11.1. The van der Waals surface area contributed by atoms with Crippen LogP contribution in [0.25, 0.3) is 6.08 Å². The van der Waals surface area contributed by atoms with Crippen molar-refractivity contribution >= 4 is 6.08 Å². The zero-order valence-electron chi connectivity index (χ0n) is 19.7. The average Bonchev–Trinajstić information content (AvgIpc) is 3.31. The van der Waals surface area contributed by atoms with Crippen molar-refractivity contribution in [3.8, 4) is 0 Å². The standard InChI is InChI=1S/C28H34N2O3/c1-26-11-10-20-15-21-24(31)25(32)22(30(2)3)16-27(21)12-13-28(20,33-27)23(26)9-8-19(26)7-6-18-5-4-14-29-17-18/h4-8,10,14-15,17,22-25,31-32H,9,11-13,16H2,1-3H3/b7-6+/t22-,23?,24+,25+,26+,27+,28+/m0/s1. The fourth-order valence-electron chi connectivity index (χ4n) is 7.45. The lowest BCUT2D eigenvalue weighted by molar-refractivity contribution is -0.163. The van der Waals surface area contributed by atoms with Gasteiger partial charge in [-0.25, -0.2) is 0 Å². The van der Waals surface area contributed by atoms with Crippen LogP contribution in [0, 0.1) is 11.3 Å². The van der Waals surface area contributed by atoms with E-state index in [1.54, 1.807) is 6.20 Å². The first-order valence-corrected chi connectivity index (χ1v) is 12.2. The molecule has 2 bridgehead atoms. The van der Waals surface area contributed by atoms with Crippen LogP contribution in [0.2, 0.25) is 0 Å². The van der Waals surface area contributed by atoms with Crippen LogP contribution in [0.1, 0.15) is 44.6 Å². The Bertz CT molecular complexity index is 1090. The molecule has 0 radical (unpaired) electrons. The second-order valence-electron chi connectivity index (χ2n) is 11.1. The van der Waals surface area contributed by atoms with E-state index in [0.29, 0.717) is 5.92 Å². The summed E-state index contributed by atoms with van der Waals surface area (Å²) in [4.78, 5) is 6.26. The minimum atomic E-state index is -0.879. The van der Waals surface area contributed by atoms with E-state index >= 15 is 0 Å². The fraction of sp³-hybridized carbons (Fsp3) is 0.536. The Labute approximate surface area is 196 Å². The molecule has 6 rings (SSSR count). The maximum absolute atomic E-state index is 11.1. The van der Waals surface area contributed by atoms with Gasteiger partial charge in [-0.05, 0) is 74.5 Å². The van der Waals surface area contributed by atoms with Crippen molar-refractivity contribution in [1.29, 1.82) is 0 Å². The van der Waals surface area contributed by atoms with Crippen LogP contribution in [-0.4, -0.2) is 63.6 Å². The highest BCUT2D eigenvalue weighted by molar-refractivity contribution is 5.56. The molecular weight excluding hydrogens is 412 g/mol. The SMILES string of the molecule is CN(C)[C@H]1C[C@@]23CC[C@@]4(O2)C(=CC[C@]2(C)C(/C=C/c5cccnc5)=CCC24)C=C3[C@@H](O)[C@@H]1O. The molecule has 7 atom stereocenters. The number of aromatic nitrogens is 1. The summed E-state index contributed by atoms with van der Waals surface area (Å²) in [5.74, 6) is 0.373. The maximum Gasteiger partial charge on any atom is 0.105 e. The van der Waals surface area contributed by atoms with Gasteiger partial charge in [-0.15, -0.1) is 0 Å². The number of likely N-dealkylation sites (N-methyl/N-ethyl adjacent to an activating group) is 1. The Morgan fingerprint density at radius 2 is 2.03 bits per heavy atom. The Morgan fingerprint density at radius 1 is 1.18 bits per heavy atom. The zero-order valence-corrected chi connectivity index (χ0v) is 19.7. The number of aliphatic hydroxyl groups is 2.